The highest BCUT2D eigenvalue weighted by Gasteiger charge is 2.46. The molecule has 154 valence electrons. The van der Waals surface area contributed by atoms with Crippen molar-refractivity contribution in [2.75, 3.05) is 26.2 Å². The highest BCUT2D eigenvalue weighted by Crippen LogP contribution is 2.30. The summed E-state index contributed by atoms with van der Waals surface area (Å²) < 4.78 is 5.87. The van der Waals surface area contributed by atoms with Crippen molar-refractivity contribution < 1.29 is 14.0 Å². The average molecular weight is 396 g/mol. The molecule has 7 heteroatoms. The number of rotatable bonds is 2. The number of hydrogen-bond donors (Lipinski definition) is 2. The van der Waals surface area contributed by atoms with Crippen LogP contribution >= 0.6 is 0 Å². The molecule has 2 N–H and O–H groups in total. The topological polar surface area (TPSA) is 77.8 Å². The van der Waals surface area contributed by atoms with Crippen molar-refractivity contribution in [2.24, 2.45) is 0 Å². The number of carbonyl (C=O) groups excluding carboxylic acids is 2. The predicted octanol–water partition coefficient (Wildman–Crippen LogP) is 2.41. The van der Waals surface area contributed by atoms with Gasteiger partial charge in [-0.25, -0.2) is 4.79 Å². The maximum atomic E-state index is 13.1. The van der Waals surface area contributed by atoms with Crippen molar-refractivity contribution in [2.45, 2.75) is 51.2 Å². The minimum absolute atomic E-state index is 0.0102. The third-order valence-electron chi connectivity index (χ3n) is 6.81. The van der Waals surface area contributed by atoms with Gasteiger partial charge in [-0.15, -0.1) is 0 Å². The highest BCUT2D eigenvalue weighted by atomic mass is 16.3. The number of nitrogens with zero attached hydrogens (tertiary/aromatic N) is 2. The molecular weight excluding hydrogens is 368 g/mol. The van der Waals surface area contributed by atoms with Crippen LogP contribution in [0.2, 0.25) is 0 Å². The normalized spacial score (nSPS) is 25.4. The first-order valence-corrected chi connectivity index (χ1v) is 10.6. The second-order valence-corrected chi connectivity index (χ2v) is 8.64. The maximum Gasteiger partial charge on any atom is 0.318 e. The molecule has 7 nitrogen and oxygen atoms in total. The van der Waals surface area contributed by atoms with Gasteiger partial charge in [-0.3, -0.25) is 4.79 Å². The zero-order valence-corrected chi connectivity index (χ0v) is 17.0. The zero-order valence-electron chi connectivity index (χ0n) is 17.0. The first-order valence-electron chi connectivity index (χ1n) is 10.6. The summed E-state index contributed by atoms with van der Waals surface area (Å²) in [6.45, 7) is 7.20. The minimum Gasteiger partial charge on any atom is -0.451 e. The van der Waals surface area contributed by atoms with E-state index in [4.69, 9.17) is 4.42 Å². The largest absolute Gasteiger partial charge is 0.451 e. The number of nitrogens with one attached hydrogen (secondary N) is 2. The van der Waals surface area contributed by atoms with Crippen molar-refractivity contribution in [1.82, 2.24) is 20.4 Å². The van der Waals surface area contributed by atoms with Crippen molar-refractivity contribution in [1.29, 1.82) is 0 Å². The van der Waals surface area contributed by atoms with E-state index in [1.54, 1.807) is 0 Å². The molecule has 1 aromatic heterocycles. The minimum atomic E-state index is -0.0930. The van der Waals surface area contributed by atoms with Crippen LogP contribution in [0.4, 0.5) is 4.79 Å². The molecule has 3 aliphatic rings. The third kappa shape index (κ3) is 3.17. The SMILES string of the molecule is Cc1cc2cc(C(=O)N3CCC4C(C3)NC(=O)N4C3CCNCC3)oc2cc1C. The number of fused-ring (bicyclic) bond motifs is 2. The number of amides is 3. The van der Waals surface area contributed by atoms with Crippen molar-refractivity contribution in [3.8, 4) is 0 Å². The third-order valence-corrected chi connectivity index (χ3v) is 6.81. The number of likely N-dealkylation sites (tertiary alicyclic amines) is 1. The lowest BCUT2D eigenvalue weighted by Crippen LogP contribution is -2.55. The summed E-state index contributed by atoms with van der Waals surface area (Å²) in [6, 6.07) is 6.38. The Kier molecular flexibility index (Phi) is 4.50. The molecular formula is C22H28N4O3. The molecule has 3 amide bonds. The molecule has 4 heterocycles. The number of benzene rings is 1. The Morgan fingerprint density at radius 3 is 2.66 bits per heavy atom. The quantitative estimate of drug-likeness (QED) is 0.817. The van der Waals surface area contributed by atoms with Crippen LogP contribution < -0.4 is 10.6 Å². The number of furan rings is 1. The van der Waals surface area contributed by atoms with Crippen LogP contribution in [-0.4, -0.2) is 66.0 Å². The van der Waals surface area contributed by atoms with Crippen LogP contribution in [0.25, 0.3) is 11.0 Å². The first kappa shape index (κ1) is 18.5. The summed E-state index contributed by atoms with van der Waals surface area (Å²) in [4.78, 5) is 29.6. The molecule has 3 saturated heterocycles. The number of carbonyl (C=O) groups is 2. The van der Waals surface area contributed by atoms with Gasteiger partial charge in [-0.2, -0.15) is 0 Å². The molecule has 2 unspecified atom stereocenters. The second kappa shape index (κ2) is 7.06. The summed E-state index contributed by atoms with van der Waals surface area (Å²) in [5.41, 5.74) is 3.08. The Bertz CT molecular complexity index is 923. The van der Waals surface area contributed by atoms with Crippen molar-refractivity contribution >= 4 is 22.9 Å². The van der Waals surface area contributed by atoms with Crippen LogP contribution in [0, 0.1) is 13.8 Å². The molecule has 0 spiro atoms. The van der Waals surface area contributed by atoms with E-state index in [0.717, 1.165) is 48.9 Å². The Morgan fingerprint density at radius 2 is 1.86 bits per heavy atom. The van der Waals surface area contributed by atoms with E-state index < -0.39 is 0 Å². The predicted molar refractivity (Wildman–Crippen MR) is 110 cm³/mol. The van der Waals surface area contributed by atoms with Gasteiger partial charge in [0.2, 0.25) is 0 Å². The van der Waals surface area contributed by atoms with Crippen LogP contribution in [0.1, 0.15) is 40.9 Å². The van der Waals surface area contributed by atoms with Gasteiger partial charge in [-0.1, -0.05) is 0 Å². The molecule has 1 aromatic carbocycles. The van der Waals surface area contributed by atoms with E-state index in [2.05, 4.69) is 28.5 Å². The van der Waals surface area contributed by atoms with Gasteiger partial charge >= 0.3 is 6.03 Å². The Morgan fingerprint density at radius 1 is 1.10 bits per heavy atom. The summed E-state index contributed by atoms with van der Waals surface area (Å²) in [5, 5.41) is 7.44. The molecule has 3 fully saturated rings. The molecule has 0 saturated carbocycles. The van der Waals surface area contributed by atoms with Gasteiger partial charge in [0.25, 0.3) is 5.91 Å². The average Bonchev–Trinajstić information content (AvgIpc) is 3.27. The molecule has 0 aliphatic carbocycles. The van der Waals surface area contributed by atoms with E-state index >= 15 is 0 Å². The summed E-state index contributed by atoms with van der Waals surface area (Å²) >= 11 is 0. The molecule has 29 heavy (non-hydrogen) atoms. The van der Waals surface area contributed by atoms with Gasteiger partial charge in [0.15, 0.2) is 5.76 Å². The number of piperidine rings is 2. The Balaban J connectivity index is 1.32. The van der Waals surface area contributed by atoms with Crippen LogP contribution in [0.3, 0.4) is 0 Å². The highest BCUT2D eigenvalue weighted by molar-refractivity contribution is 5.96. The molecule has 2 aromatic rings. The van der Waals surface area contributed by atoms with Crippen LogP contribution in [0.15, 0.2) is 22.6 Å². The van der Waals surface area contributed by atoms with E-state index in [1.165, 1.54) is 5.56 Å². The molecule has 5 rings (SSSR count). The lowest BCUT2D eigenvalue weighted by Gasteiger charge is -2.40. The van der Waals surface area contributed by atoms with Gasteiger partial charge in [-0.05, 0) is 75.5 Å². The summed E-state index contributed by atoms with van der Waals surface area (Å²) in [5.74, 6) is 0.285. The van der Waals surface area contributed by atoms with Crippen LogP contribution in [0.5, 0.6) is 0 Å². The summed E-state index contributed by atoms with van der Waals surface area (Å²) in [6.07, 6.45) is 2.80. The van der Waals surface area contributed by atoms with E-state index in [-0.39, 0.29) is 24.0 Å². The van der Waals surface area contributed by atoms with Gasteiger partial charge in [0.1, 0.15) is 5.58 Å². The lowest BCUT2D eigenvalue weighted by molar-refractivity contribution is 0.0596. The number of hydrogen-bond acceptors (Lipinski definition) is 4. The van der Waals surface area contributed by atoms with Crippen LogP contribution in [-0.2, 0) is 0 Å². The number of urea groups is 1. The molecule has 0 bridgehead atoms. The Labute approximate surface area is 170 Å². The maximum absolute atomic E-state index is 13.1. The van der Waals surface area contributed by atoms with E-state index in [9.17, 15) is 9.59 Å². The smallest absolute Gasteiger partial charge is 0.318 e. The fourth-order valence-electron chi connectivity index (χ4n) is 5.07. The van der Waals surface area contributed by atoms with Gasteiger partial charge < -0.3 is 24.9 Å². The van der Waals surface area contributed by atoms with Gasteiger partial charge in [0.05, 0.1) is 12.1 Å². The van der Waals surface area contributed by atoms with Crippen molar-refractivity contribution in [3.05, 3.63) is 35.1 Å². The van der Waals surface area contributed by atoms with E-state index in [1.807, 2.05) is 24.0 Å². The summed E-state index contributed by atoms with van der Waals surface area (Å²) in [7, 11) is 0. The van der Waals surface area contributed by atoms with Crippen molar-refractivity contribution in [3.63, 3.8) is 0 Å². The monoisotopic (exact) mass is 396 g/mol. The van der Waals surface area contributed by atoms with Gasteiger partial charge in [0, 0.05) is 24.5 Å². The second-order valence-electron chi connectivity index (χ2n) is 8.64. The molecule has 0 radical (unpaired) electrons. The first-order chi connectivity index (χ1) is 14.0. The standard InChI is InChI=1S/C22H28N4O3/c1-13-9-15-11-20(29-19(15)10-14(13)2)21(27)25-8-5-18-17(12-25)24-22(28)26(18)16-3-6-23-7-4-16/h9-11,16-18,23H,3-8,12H2,1-2H3,(H,24,28). The molecule has 3 aliphatic heterocycles. The fourth-order valence-corrected chi connectivity index (χ4v) is 5.07. The molecule has 2 atom stereocenters. The van der Waals surface area contributed by atoms with E-state index in [0.29, 0.717) is 24.9 Å². The Hall–Kier alpha value is -2.54. The zero-order chi connectivity index (χ0) is 20.1. The number of aryl methyl sites for hydroxylation is 2. The lowest BCUT2D eigenvalue weighted by atomic mass is 9.96. The fraction of sp³-hybridized carbons (Fsp3) is 0.545.